The quantitative estimate of drug-likeness (QED) is 0.254. The number of carbonyl (C=O) groups is 1. The van der Waals surface area contributed by atoms with Crippen LogP contribution in [0, 0.1) is 6.92 Å². The lowest BCUT2D eigenvalue weighted by molar-refractivity contribution is -0.132. The summed E-state index contributed by atoms with van der Waals surface area (Å²) < 4.78 is 33.1. The number of hydroxylamine groups is 1. The van der Waals surface area contributed by atoms with E-state index in [1.807, 2.05) is 48.2 Å². The predicted octanol–water partition coefficient (Wildman–Crippen LogP) is 3.41. The van der Waals surface area contributed by atoms with Crippen LogP contribution in [0.5, 0.6) is 5.75 Å². The van der Waals surface area contributed by atoms with Crippen LogP contribution in [0.3, 0.4) is 0 Å². The van der Waals surface area contributed by atoms with Gasteiger partial charge in [-0.1, -0.05) is 13.3 Å². The van der Waals surface area contributed by atoms with E-state index >= 15 is 0 Å². The molecule has 0 atom stereocenters. The number of nitrogens with zero attached hydrogens (tertiary/aromatic N) is 4. The monoisotopic (exact) mass is 603 g/mol. The molecule has 2 aromatic rings. The van der Waals surface area contributed by atoms with Crippen molar-refractivity contribution < 1.29 is 23.2 Å². The predicted molar refractivity (Wildman–Crippen MR) is 157 cm³/mol. The highest BCUT2D eigenvalue weighted by Gasteiger charge is 2.55. The molecule has 39 heavy (non-hydrogen) atoms. The number of aromatic nitrogens is 1. The fraction of sp³-hybridized carbons (Fsp3) is 0.538. The molecular weight excluding hydrogens is 565 g/mol. The maximum Gasteiger partial charge on any atom is 0.266 e. The Bertz CT molecular complexity index is 1170. The van der Waals surface area contributed by atoms with E-state index in [1.54, 1.807) is 11.7 Å². The average molecular weight is 605 g/mol. The molecule has 0 aliphatic carbocycles. The van der Waals surface area contributed by atoms with Crippen LogP contribution in [0.4, 0.5) is 11.5 Å². The van der Waals surface area contributed by atoms with Crippen molar-refractivity contribution in [2.24, 2.45) is 0 Å². The van der Waals surface area contributed by atoms with Crippen molar-refractivity contribution in [2.45, 2.75) is 44.3 Å². The highest BCUT2D eigenvalue weighted by molar-refractivity contribution is 7.91. The molecule has 2 aliphatic rings. The minimum Gasteiger partial charge on any atom is -0.494 e. The van der Waals surface area contributed by atoms with Gasteiger partial charge in [0.15, 0.2) is 4.75 Å². The first-order chi connectivity index (χ1) is 17.8. The van der Waals surface area contributed by atoms with Crippen LogP contribution in [-0.4, -0.2) is 79.4 Å². The molecule has 0 radical (unpaired) electrons. The zero-order valence-electron chi connectivity index (χ0n) is 22.4. The summed E-state index contributed by atoms with van der Waals surface area (Å²) in [5.41, 5.74) is 3.70. The van der Waals surface area contributed by atoms with Crippen molar-refractivity contribution in [3.05, 3.63) is 48.2 Å². The van der Waals surface area contributed by atoms with Gasteiger partial charge < -0.3 is 14.5 Å². The van der Waals surface area contributed by atoms with Gasteiger partial charge in [-0.05, 0) is 68.1 Å². The molecule has 2 fully saturated rings. The molecule has 1 aromatic heterocycles. The number of hydrogen-bond acceptors (Lipinski definition) is 8. The molecule has 0 unspecified atom stereocenters. The second-order valence-corrected chi connectivity index (χ2v) is 11.9. The lowest BCUT2D eigenvalue weighted by atomic mass is 9.95. The molecule has 1 amide bonds. The number of amides is 1. The first-order valence-electron chi connectivity index (χ1n) is 12.9. The van der Waals surface area contributed by atoms with E-state index in [4.69, 9.17) is 4.74 Å². The number of piperidine rings is 1. The fourth-order valence-corrected chi connectivity index (χ4v) is 7.13. The Labute approximate surface area is 243 Å². The summed E-state index contributed by atoms with van der Waals surface area (Å²) in [7, 11) is -4.03. The molecule has 2 aliphatic heterocycles. The van der Waals surface area contributed by atoms with Crippen LogP contribution in [0.25, 0.3) is 0 Å². The van der Waals surface area contributed by atoms with Crippen LogP contribution in [-0.2, 0) is 14.8 Å². The summed E-state index contributed by atoms with van der Waals surface area (Å²) in [6, 6.07) is 11.7. The number of pyridine rings is 1. The van der Waals surface area contributed by atoms with Crippen LogP contribution in [0.2, 0.25) is 0 Å². The third-order valence-corrected chi connectivity index (χ3v) is 9.98. The molecule has 218 valence electrons. The van der Waals surface area contributed by atoms with Crippen molar-refractivity contribution >= 4 is 52.2 Å². The van der Waals surface area contributed by atoms with Crippen molar-refractivity contribution in [2.75, 3.05) is 55.7 Å². The number of halogens is 2. The van der Waals surface area contributed by atoms with Crippen molar-refractivity contribution in [1.82, 2.24) is 14.8 Å². The molecular formula is C26H39Cl2N5O5S. The molecule has 4 rings (SSSR count). The zero-order chi connectivity index (χ0) is 26.5. The van der Waals surface area contributed by atoms with Gasteiger partial charge in [0, 0.05) is 51.2 Å². The number of anilines is 2. The SMILES string of the molecule is CCCCOc1ccc(N2CCN(S(=O)(=O)C3(C(=O)NO)CCN(c4cc(C)ccn4)CC3)CC2)cc1.Cl.Cl. The van der Waals surface area contributed by atoms with Crippen molar-refractivity contribution in [1.29, 1.82) is 0 Å². The molecule has 0 bridgehead atoms. The van der Waals surface area contributed by atoms with Gasteiger partial charge in [-0.3, -0.25) is 10.0 Å². The summed E-state index contributed by atoms with van der Waals surface area (Å²) in [5.74, 6) is 0.707. The van der Waals surface area contributed by atoms with Crippen molar-refractivity contribution in [3.63, 3.8) is 0 Å². The highest BCUT2D eigenvalue weighted by atomic mass is 35.5. The van der Waals surface area contributed by atoms with Gasteiger partial charge in [0.1, 0.15) is 11.6 Å². The van der Waals surface area contributed by atoms with E-state index in [0.29, 0.717) is 32.8 Å². The zero-order valence-corrected chi connectivity index (χ0v) is 24.9. The van der Waals surface area contributed by atoms with E-state index in [0.717, 1.165) is 35.7 Å². The summed E-state index contributed by atoms with van der Waals surface area (Å²) >= 11 is 0. The van der Waals surface area contributed by atoms with Gasteiger partial charge >= 0.3 is 0 Å². The molecule has 2 saturated heterocycles. The van der Waals surface area contributed by atoms with Crippen LogP contribution in [0.1, 0.15) is 38.2 Å². The van der Waals surface area contributed by atoms with Crippen LogP contribution < -0.4 is 20.0 Å². The second kappa shape index (κ2) is 14.4. The molecule has 1 aromatic carbocycles. The van der Waals surface area contributed by atoms with Gasteiger partial charge in [0.2, 0.25) is 10.0 Å². The summed E-state index contributed by atoms with van der Waals surface area (Å²) in [5, 5.41) is 9.49. The number of piperazine rings is 1. The van der Waals surface area contributed by atoms with Gasteiger partial charge in [-0.2, -0.15) is 4.31 Å². The van der Waals surface area contributed by atoms with Gasteiger partial charge in [-0.25, -0.2) is 18.9 Å². The molecule has 10 nitrogen and oxygen atoms in total. The van der Waals surface area contributed by atoms with Crippen LogP contribution in [0.15, 0.2) is 42.6 Å². The molecule has 0 spiro atoms. The average Bonchev–Trinajstić information content (AvgIpc) is 2.93. The third kappa shape index (κ3) is 7.07. The minimum absolute atomic E-state index is 0. The van der Waals surface area contributed by atoms with Crippen molar-refractivity contribution in [3.8, 4) is 5.75 Å². The van der Waals surface area contributed by atoms with E-state index in [2.05, 4.69) is 16.8 Å². The topological polar surface area (TPSA) is 115 Å². The first kappa shape index (κ1) is 32.9. The van der Waals surface area contributed by atoms with Gasteiger partial charge in [-0.15, -0.1) is 24.8 Å². The molecule has 3 heterocycles. The largest absolute Gasteiger partial charge is 0.494 e. The number of rotatable bonds is 9. The highest BCUT2D eigenvalue weighted by Crippen LogP contribution is 2.36. The standard InChI is InChI=1S/C26H37N5O5S.2ClH/c1-3-4-19-36-23-7-5-22(6-8-23)29-15-17-31(18-16-29)37(34,35)26(25(32)28-33)10-13-30(14-11-26)24-20-21(2)9-12-27-24;;/h5-9,12,20,33H,3-4,10-11,13-19H2,1-2H3,(H,28,32);2*1H. The Hall–Kier alpha value is -2.31. The number of sulfonamides is 1. The Morgan fingerprint density at radius 2 is 1.67 bits per heavy atom. The Kier molecular flexibility index (Phi) is 12.1. The normalized spacial score (nSPS) is 17.5. The number of hydrogen-bond donors (Lipinski definition) is 2. The third-order valence-electron chi connectivity index (χ3n) is 7.35. The van der Waals surface area contributed by atoms with E-state index < -0.39 is 20.7 Å². The Morgan fingerprint density at radius 3 is 2.23 bits per heavy atom. The molecule has 2 N–H and O–H groups in total. The Balaban J connectivity index is 0.00000267. The lowest BCUT2D eigenvalue weighted by Crippen LogP contribution is -2.63. The van der Waals surface area contributed by atoms with Gasteiger partial charge in [0.25, 0.3) is 5.91 Å². The maximum atomic E-state index is 13.9. The number of carbonyl (C=O) groups excluding carboxylic acids is 1. The number of benzene rings is 1. The summed E-state index contributed by atoms with van der Waals surface area (Å²) in [6.45, 7) is 7.01. The number of unbranched alkanes of at least 4 members (excludes halogenated alkanes) is 1. The fourth-order valence-electron chi connectivity index (χ4n) is 5.02. The van der Waals surface area contributed by atoms with Gasteiger partial charge in [0.05, 0.1) is 6.61 Å². The second-order valence-electron chi connectivity index (χ2n) is 9.70. The first-order valence-corrected chi connectivity index (χ1v) is 14.3. The minimum atomic E-state index is -4.03. The maximum absolute atomic E-state index is 13.9. The van der Waals surface area contributed by atoms with E-state index in [9.17, 15) is 18.4 Å². The lowest BCUT2D eigenvalue weighted by Gasteiger charge is -2.44. The molecule has 0 saturated carbocycles. The number of ether oxygens (including phenoxy) is 1. The number of nitrogens with one attached hydrogen (secondary N) is 1. The summed E-state index contributed by atoms with van der Waals surface area (Å²) in [6.07, 6.45) is 3.94. The van der Waals surface area contributed by atoms with E-state index in [1.165, 1.54) is 4.31 Å². The Morgan fingerprint density at radius 1 is 1.03 bits per heavy atom. The smallest absolute Gasteiger partial charge is 0.266 e. The molecule has 13 heteroatoms. The number of aryl methyl sites for hydroxylation is 1. The summed E-state index contributed by atoms with van der Waals surface area (Å²) in [4.78, 5) is 21.4. The van der Waals surface area contributed by atoms with E-state index in [-0.39, 0.29) is 50.7 Å². The van der Waals surface area contributed by atoms with Crippen LogP contribution >= 0.6 is 24.8 Å².